The molecule has 2 nitrogen and oxygen atoms in total. The van der Waals surface area contributed by atoms with Crippen LogP contribution in [0.3, 0.4) is 0 Å². The summed E-state index contributed by atoms with van der Waals surface area (Å²) in [5.74, 6) is 0.568. The molecular weight excluding hydrogens is 241 g/mol. The van der Waals surface area contributed by atoms with Gasteiger partial charge >= 0.3 is 0 Å². The van der Waals surface area contributed by atoms with Crippen molar-refractivity contribution in [3.8, 4) is 0 Å². The zero-order valence-corrected chi connectivity index (χ0v) is 11.9. The first-order valence-electron chi connectivity index (χ1n) is 7.34. The smallest absolute Gasteiger partial charge is 0.146 e. The van der Waals surface area contributed by atoms with E-state index in [2.05, 4.69) is 11.8 Å². The van der Waals surface area contributed by atoms with Gasteiger partial charge in [0.05, 0.1) is 11.8 Å². The predicted octanol–water partition coefficient (Wildman–Crippen LogP) is 3.90. The highest BCUT2D eigenvalue weighted by Gasteiger charge is 2.18. The minimum absolute atomic E-state index is 0.214. The Labute approximate surface area is 115 Å². The molecule has 1 aromatic rings. The van der Waals surface area contributed by atoms with Crippen LogP contribution in [0.2, 0.25) is 0 Å². The summed E-state index contributed by atoms with van der Waals surface area (Å²) in [5, 5.41) is 9.48. The molecule has 1 unspecified atom stereocenters. The van der Waals surface area contributed by atoms with E-state index in [-0.39, 0.29) is 5.82 Å². The molecule has 1 heterocycles. The number of halogens is 1. The fourth-order valence-corrected chi connectivity index (χ4v) is 2.85. The van der Waals surface area contributed by atoms with Gasteiger partial charge in [-0.1, -0.05) is 19.4 Å². The minimum atomic E-state index is -0.614. The number of aliphatic hydroxyl groups is 1. The van der Waals surface area contributed by atoms with Gasteiger partial charge in [-0.3, -0.25) is 0 Å². The fourth-order valence-electron chi connectivity index (χ4n) is 2.85. The van der Waals surface area contributed by atoms with Crippen LogP contribution in [0.1, 0.15) is 51.2 Å². The molecule has 0 amide bonds. The molecule has 0 spiro atoms. The first kappa shape index (κ1) is 14.3. The van der Waals surface area contributed by atoms with E-state index in [0.717, 1.165) is 31.8 Å². The van der Waals surface area contributed by atoms with Crippen molar-refractivity contribution in [2.24, 2.45) is 5.92 Å². The number of hydrogen-bond acceptors (Lipinski definition) is 2. The van der Waals surface area contributed by atoms with Gasteiger partial charge in [-0.15, -0.1) is 0 Å². The molecule has 2 rings (SSSR count). The van der Waals surface area contributed by atoms with E-state index in [1.807, 2.05) is 12.1 Å². The minimum Gasteiger partial charge on any atom is -0.389 e. The third-order valence-corrected chi connectivity index (χ3v) is 4.22. The van der Waals surface area contributed by atoms with Gasteiger partial charge in [-0.25, -0.2) is 4.39 Å². The van der Waals surface area contributed by atoms with Crippen LogP contribution < -0.4 is 4.90 Å². The highest BCUT2D eigenvalue weighted by molar-refractivity contribution is 5.49. The molecule has 1 N–H and O–H groups in total. The number of hydrogen-bond donors (Lipinski definition) is 1. The predicted molar refractivity (Wildman–Crippen MR) is 76.9 cm³/mol. The molecule has 1 fully saturated rings. The van der Waals surface area contributed by atoms with Crippen molar-refractivity contribution in [2.45, 2.75) is 45.6 Å². The van der Waals surface area contributed by atoms with Gasteiger partial charge in [0.15, 0.2) is 0 Å². The second-order valence-corrected chi connectivity index (χ2v) is 5.58. The first-order valence-corrected chi connectivity index (χ1v) is 7.34. The van der Waals surface area contributed by atoms with E-state index >= 15 is 0 Å². The molecule has 106 valence electrons. The van der Waals surface area contributed by atoms with Crippen molar-refractivity contribution < 1.29 is 9.50 Å². The monoisotopic (exact) mass is 265 g/mol. The summed E-state index contributed by atoms with van der Waals surface area (Å²) in [7, 11) is 0. The summed E-state index contributed by atoms with van der Waals surface area (Å²) < 4.78 is 14.2. The van der Waals surface area contributed by atoms with Crippen LogP contribution >= 0.6 is 0 Å². The Morgan fingerprint density at radius 2 is 2.16 bits per heavy atom. The molecule has 19 heavy (non-hydrogen) atoms. The van der Waals surface area contributed by atoms with E-state index in [0.29, 0.717) is 11.3 Å². The van der Waals surface area contributed by atoms with E-state index in [1.165, 1.54) is 18.9 Å². The number of anilines is 1. The molecule has 1 aliphatic rings. The molecule has 0 aliphatic carbocycles. The molecule has 2 atom stereocenters. The molecular formula is C16H24FNO. The average Bonchev–Trinajstić information content (AvgIpc) is 2.63. The molecule has 3 heteroatoms. The van der Waals surface area contributed by atoms with E-state index in [4.69, 9.17) is 0 Å². The first-order chi connectivity index (χ1) is 9.11. The second kappa shape index (κ2) is 6.38. The lowest BCUT2D eigenvalue weighted by molar-refractivity contribution is 0.199. The molecule has 0 aromatic heterocycles. The third kappa shape index (κ3) is 3.47. The number of nitrogens with zero attached hydrogens (tertiary/aromatic N) is 1. The van der Waals surface area contributed by atoms with Gasteiger partial charge in [-0.05, 0) is 49.8 Å². The van der Waals surface area contributed by atoms with Crippen molar-refractivity contribution >= 4 is 5.69 Å². The summed E-state index contributed by atoms with van der Waals surface area (Å²) in [4.78, 5) is 2.15. The summed E-state index contributed by atoms with van der Waals surface area (Å²) in [6.07, 6.45) is 4.14. The zero-order valence-electron chi connectivity index (χ0n) is 11.9. The topological polar surface area (TPSA) is 23.5 Å². The summed E-state index contributed by atoms with van der Waals surface area (Å²) in [6, 6.07) is 5.09. The zero-order chi connectivity index (χ0) is 13.8. The Kier molecular flexibility index (Phi) is 4.81. The Hall–Kier alpha value is -1.09. The van der Waals surface area contributed by atoms with Gasteiger partial charge in [-0.2, -0.15) is 0 Å². The molecule has 1 saturated heterocycles. The molecule has 0 bridgehead atoms. The SMILES string of the molecule is CCC1CCCN(c2ccc([C@H](C)O)cc2F)CC1. The number of rotatable bonds is 3. The third-order valence-electron chi connectivity index (χ3n) is 4.22. The maximum Gasteiger partial charge on any atom is 0.146 e. The van der Waals surface area contributed by atoms with E-state index in [1.54, 1.807) is 6.92 Å². The van der Waals surface area contributed by atoms with Crippen LogP contribution in [0.25, 0.3) is 0 Å². The normalized spacial score (nSPS) is 22.1. The fraction of sp³-hybridized carbons (Fsp3) is 0.625. The van der Waals surface area contributed by atoms with Crippen molar-refractivity contribution in [3.05, 3.63) is 29.6 Å². The van der Waals surface area contributed by atoms with Crippen molar-refractivity contribution in [1.82, 2.24) is 0 Å². The van der Waals surface area contributed by atoms with Gasteiger partial charge in [0, 0.05) is 13.1 Å². The largest absolute Gasteiger partial charge is 0.389 e. The molecule has 1 aliphatic heterocycles. The van der Waals surface area contributed by atoms with Crippen LogP contribution in [0.5, 0.6) is 0 Å². The van der Waals surface area contributed by atoms with Gasteiger partial charge in [0.1, 0.15) is 5.82 Å². The van der Waals surface area contributed by atoms with Crippen LogP contribution in [0.15, 0.2) is 18.2 Å². The second-order valence-electron chi connectivity index (χ2n) is 5.58. The quantitative estimate of drug-likeness (QED) is 0.896. The van der Waals surface area contributed by atoms with Crippen LogP contribution in [-0.4, -0.2) is 18.2 Å². The number of aliphatic hydroxyl groups excluding tert-OH is 1. The van der Waals surface area contributed by atoms with Gasteiger partial charge in [0.2, 0.25) is 0 Å². The Morgan fingerprint density at radius 3 is 2.79 bits per heavy atom. The van der Waals surface area contributed by atoms with Crippen molar-refractivity contribution in [3.63, 3.8) is 0 Å². The highest BCUT2D eigenvalue weighted by Crippen LogP contribution is 2.28. The van der Waals surface area contributed by atoms with Gasteiger partial charge < -0.3 is 10.0 Å². The lowest BCUT2D eigenvalue weighted by atomic mass is 9.98. The van der Waals surface area contributed by atoms with Crippen molar-refractivity contribution in [2.75, 3.05) is 18.0 Å². The van der Waals surface area contributed by atoms with Gasteiger partial charge in [0.25, 0.3) is 0 Å². The molecule has 0 radical (unpaired) electrons. The maximum absolute atomic E-state index is 14.2. The van der Waals surface area contributed by atoms with Crippen LogP contribution in [-0.2, 0) is 0 Å². The van der Waals surface area contributed by atoms with Crippen molar-refractivity contribution in [1.29, 1.82) is 0 Å². The Balaban J connectivity index is 2.13. The summed E-state index contributed by atoms with van der Waals surface area (Å²) >= 11 is 0. The standard InChI is InChI=1S/C16H24FNO/c1-3-13-5-4-9-18(10-8-13)16-7-6-14(12(2)19)11-15(16)17/h6-7,11-13,19H,3-5,8-10H2,1-2H3/t12-,13?/m0/s1. The lowest BCUT2D eigenvalue weighted by Gasteiger charge is -2.24. The summed E-state index contributed by atoms with van der Waals surface area (Å²) in [6.45, 7) is 5.76. The number of benzene rings is 1. The molecule has 1 aromatic carbocycles. The Bertz CT molecular complexity index is 419. The maximum atomic E-state index is 14.2. The highest BCUT2D eigenvalue weighted by atomic mass is 19.1. The van der Waals surface area contributed by atoms with Crippen LogP contribution in [0, 0.1) is 11.7 Å². The van der Waals surface area contributed by atoms with E-state index < -0.39 is 6.10 Å². The Morgan fingerprint density at radius 1 is 1.37 bits per heavy atom. The van der Waals surface area contributed by atoms with E-state index in [9.17, 15) is 9.50 Å². The average molecular weight is 265 g/mol. The van der Waals surface area contributed by atoms with Crippen LogP contribution in [0.4, 0.5) is 10.1 Å². The summed E-state index contributed by atoms with van der Waals surface area (Å²) in [5.41, 5.74) is 1.32. The molecule has 0 saturated carbocycles. The lowest BCUT2D eigenvalue weighted by Crippen LogP contribution is -2.25.